The Morgan fingerprint density at radius 3 is 2.33 bits per heavy atom. The third kappa shape index (κ3) is 4.06. The molecule has 0 heterocycles. The van der Waals surface area contributed by atoms with E-state index >= 15 is 0 Å². The molecule has 0 aliphatic rings. The molecule has 1 aromatic rings. The van der Waals surface area contributed by atoms with Crippen LogP contribution in [0.1, 0.15) is 11.1 Å². The van der Waals surface area contributed by atoms with Crippen LogP contribution in [0.5, 0.6) is 5.75 Å². The normalized spacial score (nSPS) is 11.5. The Morgan fingerprint density at radius 1 is 1.20 bits per heavy atom. The summed E-state index contributed by atoms with van der Waals surface area (Å²) >= 11 is 0. The smallest absolute Gasteiger partial charge is 0.184 e. The minimum atomic E-state index is -1.47. The van der Waals surface area contributed by atoms with Crippen molar-refractivity contribution in [1.29, 1.82) is 0 Å². The molecule has 0 N–H and O–H groups in total. The molecule has 0 aliphatic carbocycles. The number of rotatable bonds is 4. The Hall–Kier alpha value is -0.803. The van der Waals surface area contributed by atoms with Crippen LogP contribution in [0.4, 0.5) is 0 Å². The molecular weight excluding hydrogens is 204 g/mol. The van der Waals surface area contributed by atoms with Crippen LogP contribution >= 0.6 is 0 Å². The summed E-state index contributed by atoms with van der Waals surface area (Å²) in [6.07, 6.45) is 0. The number of aryl methyl sites for hydroxylation is 1. The van der Waals surface area contributed by atoms with Crippen molar-refractivity contribution >= 4 is 8.32 Å². The van der Waals surface area contributed by atoms with Crippen molar-refractivity contribution in [3.63, 3.8) is 0 Å². The van der Waals surface area contributed by atoms with Gasteiger partial charge in [0.15, 0.2) is 8.32 Å². The molecule has 0 unspecified atom stereocenters. The SMILES string of the molecule is COc1ccc([CH]O[Si](C)(C)C)cc1C. The largest absolute Gasteiger partial charge is 0.496 e. The molecule has 15 heavy (non-hydrogen) atoms. The summed E-state index contributed by atoms with van der Waals surface area (Å²) in [7, 11) is 0.219. The van der Waals surface area contributed by atoms with E-state index in [0.717, 1.165) is 16.9 Å². The van der Waals surface area contributed by atoms with Crippen LogP contribution < -0.4 is 4.74 Å². The number of ether oxygens (including phenoxy) is 1. The second kappa shape index (κ2) is 4.81. The lowest BCUT2D eigenvalue weighted by atomic mass is 10.1. The number of benzene rings is 1. The van der Waals surface area contributed by atoms with Crippen LogP contribution in [0.25, 0.3) is 0 Å². The van der Waals surface area contributed by atoms with E-state index in [1.165, 1.54) is 0 Å². The summed E-state index contributed by atoms with van der Waals surface area (Å²) in [5.74, 6) is 0.917. The average molecular weight is 223 g/mol. The predicted molar refractivity (Wildman–Crippen MR) is 65.6 cm³/mol. The maximum absolute atomic E-state index is 5.72. The maximum Gasteiger partial charge on any atom is 0.184 e. The van der Waals surface area contributed by atoms with Crippen molar-refractivity contribution < 1.29 is 9.16 Å². The van der Waals surface area contributed by atoms with E-state index in [0.29, 0.717) is 0 Å². The van der Waals surface area contributed by atoms with Gasteiger partial charge in [-0.25, -0.2) is 0 Å². The Kier molecular flexibility index (Phi) is 3.94. The Morgan fingerprint density at radius 2 is 1.87 bits per heavy atom. The summed E-state index contributed by atoms with van der Waals surface area (Å²) in [6.45, 7) is 10.4. The second-order valence-corrected chi connectivity index (χ2v) is 9.04. The van der Waals surface area contributed by atoms with Gasteiger partial charge in [-0.2, -0.15) is 0 Å². The minimum absolute atomic E-state index is 0.917. The van der Waals surface area contributed by atoms with E-state index in [4.69, 9.17) is 9.16 Å². The van der Waals surface area contributed by atoms with Gasteiger partial charge in [-0.3, -0.25) is 0 Å². The molecule has 83 valence electrons. The molecule has 0 saturated heterocycles. The summed E-state index contributed by atoms with van der Waals surface area (Å²) in [4.78, 5) is 0. The molecule has 0 spiro atoms. The van der Waals surface area contributed by atoms with Crippen LogP contribution in [-0.4, -0.2) is 15.4 Å². The fraction of sp³-hybridized carbons (Fsp3) is 0.417. The van der Waals surface area contributed by atoms with E-state index in [1.54, 1.807) is 7.11 Å². The molecule has 0 atom stereocenters. The van der Waals surface area contributed by atoms with Crippen LogP contribution in [0.3, 0.4) is 0 Å². The lowest BCUT2D eigenvalue weighted by Gasteiger charge is -2.17. The van der Waals surface area contributed by atoms with Gasteiger partial charge in [-0.1, -0.05) is 6.07 Å². The van der Waals surface area contributed by atoms with E-state index in [1.807, 2.05) is 25.7 Å². The van der Waals surface area contributed by atoms with Crippen molar-refractivity contribution in [2.75, 3.05) is 7.11 Å². The van der Waals surface area contributed by atoms with Gasteiger partial charge in [0, 0.05) is 0 Å². The molecule has 1 rings (SSSR count). The Labute approximate surface area is 93.4 Å². The highest BCUT2D eigenvalue weighted by molar-refractivity contribution is 6.69. The number of methoxy groups -OCH3 is 1. The van der Waals surface area contributed by atoms with E-state index in [2.05, 4.69) is 25.7 Å². The second-order valence-electron chi connectivity index (χ2n) is 4.58. The van der Waals surface area contributed by atoms with Gasteiger partial charge in [0.25, 0.3) is 0 Å². The van der Waals surface area contributed by atoms with Crippen molar-refractivity contribution in [2.45, 2.75) is 26.6 Å². The monoisotopic (exact) mass is 223 g/mol. The van der Waals surface area contributed by atoms with Gasteiger partial charge in [-0.15, -0.1) is 0 Å². The number of hydrogen-bond donors (Lipinski definition) is 0. The predicted octanol–water partition coefficient (Wildman–Crippen LogP) is 3.37. The number of hydrogen-bond acceptors (Lipinski definition) is 2. The van der Waals surface area contributed by atoms with Gasteiger partial charge >= 0.3 is 0 Å². The van der Waals surface area contributed by atoms with E-state index in [9.17, 15) is 0 Å². The quantitative estimate of drug-likeness (QED) is 0.729. The van der Waals surface area contributed by atoms with Gasteiger partial charge in [0.05, 0.1) is 13.7 Å². The fourth-order valence-corrected chi connectivity index (χ4v) is 1.71. The standard InChI is InChI=1S/C12H19O2Si/c1-10-8-11(6-7-12(10)13-2)9-14-15(3,4)5/h6-9H,1-5H3. The summed E-state index contributed by atoms with van der Waals surface area (Å²) in [5.41, 5.74) is 2.22. The van der Waals surface area contributed by atoms with Crippen molar-refractivity contribution in [2.24, 2.45) is 0 Å². The van der Waals surface area contributed by atoms with Crippen LogP contribution in [-0.2, 0) is 4.43 Å². The highest BCUT2D eigenvalue weighted by Crippen LogP contribution is 2.20. The molecule has 0 fully saturated rings. The first-order valence-corrected chi connectivity index (χ1v) is 8.49. The molecule has 2 nitrogen and oxygen atoms in total. The van der Waals surface area contributed by atoms with Crippen molar-refractivity contribution in [3.8, 4) is 5.75 Å². The zero-order chi connectivity index (χ0) is 11.5. The fourth-order valence-electron chi connectivity index (χ4n) is 1.22. The first-order valence-electron chi connectivity index (χ1n) is 5.08. The Balaban J connectivity index is 2.68. The zero-order valence-electron chi connectivity index (χ0n) is 10.1. The van der Waals surface area contributed by atoms with Gasteiger partial charge in [0.2, 0.25) is 0 Å². The lowest BCUT2D eigenvalue weighted by molar-refractivity contribution is 0.409. The zero-order valence-corrected chi connectivity index (χ0v) is 11.1. The molecular formula is C12H19O2Si. The lowest BCUT2D eigenvalue weighted by Crippen LogP contribution is -2.23. The van der Waals surface area contributed by atoms with E-state index < -0.39 is 8.32 Å². The van der Waals surface area contributed by atoms with E-state index in [-0.39, 0.29) is 0 Å². The Bertz CT molecular complexity index is 329. The maximum atomic E-state index is 5.72. The first kappa shape index (κ1) is 12.3. The van der Waals surface area contributed by atoms with Crippen LogP contribution in [0.2, 0.25) is 19.6 Å². The van der Waals surface area contributed by atoms with Gasteiger partial charge in [-0.05, 0) is 49.8 Å². The minimum Gasteiger partial charge on any atom is -0.496 e. The highest BCUT2D eigenvalue weighted by Gasteiger charge is 2.14. The third-order valence-corrected chi connectivity index (χ3v) is 2.79. The van der Waals surface area contributed by atoms with Crippen molar-refractivity contribution in [3.05, 3.63) is 35.9 Å². The molecule has 0 bridgehead atoms. The summed E-state index contributed by atoms with van der Waals surface area (Å²) in [6, 6.07) is 6.04. The third-order valence-electron chi connectivity index (χ3n) is 1.97. The summed E-state index contributed by atoms with van der Waals surface area (Å²) < 4.78 is 10.9. The molecule has 0 aromatic heterocycles. The van der Waals surface area contributed by atoms with Crippen molar-refractivity contribution in [1.82, 2.24) is 0 Å². The average Bonchev–Trinajstić information content (AvgIpc) is 2.14. The molecule has 0 saturated carbocycles. The van der Waals surface area contributed by atoms with Gasteiger partial charge < -0.3 is 9.16 Å². The van der Waals surface area contributed by atoms with Gasteiger partial charge in [0.1, 0.15) is 5.75 Å². The highest BCUT2D eigenvalue weighted by atomic mass is 28.4. The topological polar surface area (TPSA) is 18.5 Å². The molecule has 1 radical (unpaired) electrons. The molecule has 0 aliphatic heterocycles. The summed E-state index contributed by atoms with van der Waals surface area (Å²) in [5, 5.41) is 0. The first-order chi connectivity index (χ1) is 6.92. The molecule has 3 heteroatoms. The van der Waals surface area contributed by atoms with Crippen LogP contribution in [0.15, 0.2) is 18.2 Å². The molecule has 0 amide bonds. The van der Waals surface area contributed by atoms with Crippen LogP contribution in [0, 0.1) is 13.5 Å². The molecule has 1 aromatic carbocycles.